The molecule has 108 valence electrons. The summed E-state index contributed by atoms with van der Waals surface area (Å²) in [5, 5.41) is 0. The van der Waals surface area contributed by atoms with Crippen LogP contribution in [0.15, 0.2) is 45.3 Å². The number of para-hydroxylation sites is 1. The molecule has 0 spiro atoms. The van der Waals surface area contributed by atoms with Crippen molar-refractivity contribution < 1.29 is 0 Å². The van der Waals surface area contributed by atoms with Crippen LogP contribution in [0.1, 0.15) is 11.4 Å². The summed E-state index contributed by atoms with van der Waals surface area (Å²) in [7, 11) is 0. The molecule has 0 radical (unpaired) electrons. The van der Waals surface area contributed by atoms with Gasteiger partial charge in [-0.05, 0) is 52.7 Å². The second-order valence-corrected chi connectivity index (χ2v) is 6.99. The fourth-order valence-corrected chi connectivity index (χ4v) is 3.45. The van der Waals surface area contributed by atoms with Crippen LogP contribution in [0.2, 0.25) is 0 Å². The molecule has 3 aromatic rings. The molecule has 1 aromatic heterocycles. The Morgan fingerprint density at radius 3 is 2.76 bits per heavy atom. The van der Waals surface area contributed by atoms with Crippen LogP contribution < -0.4 is 0 Å². The third-order valence-electron chi connectivity index (χ3n) is 3.41. The summed E-state index contributed by atoms with van der Waals surface area (Å²) in [6.07, 6.45) is 0.731. The van der Waals surface area contributed by atoms with E-state index in [1.807, 2.05) is 24.3 Å². The number of halogens is 3. The second-order valence-electron chi connectivity index (χ2n) is 4.84. The number of nitrogens with zero attached hydrogens (tertiary/aromatic N) is 2. The Labute approximate surface area is 145 Å². The Morgan fingerprint density at radius 2 is 2.00 bits per heavy atom. The van der Waals surface area contributed by atoms with Gasteiger partial charge in [0, 0.05) is 21.2 Å². The lowest BCUT2D eigenvalue weighted by atomic mass is 10.2. The third kappa shape index (κ3) is 2.77. The van der Waals surface area contributed by atoms with Gasteiger partial charge in [0.25, 0.3) is 0 Å². The molecule has 2 aromatic carbocycles. The number of hydrogen-bond donors (Lipinski definition) is 0. The smallest absolute Gasteiger partial charge is 0.115 e. The molecule has 0 atom stereocenters. The van der Waals surface area contributed by atoms with Crippen molar-refractivity contribution in [2.24, 2.45) is 0 Å². The largest absolute Gasteiger partial charge is 0.295 e. The van der Waals surface area contributed by atoms with Crippen molar-refractivity contribution in [1.29, 1.82) is 0 Å². The number of hydrogen-bond acceptors (Lipinski definition) is 1. The average molecular weight is 429 g/mol. The van der Waals surface area contributed by atoms with E-state index in [0.717, 1.165) is 37.9 Å². The molecule has 0 saturated heterocycles. The molecule has 1 heterocycles. The lowest BCUT2D eigenvalue weighted by molar-refractivity contribution is 0.907. The highest BCUT2D eigenvalue weighted by Crippen LogP contribution is 2.31. The number of alkyl halides is 1. The van der Waals surface area contributed by atoms with E-state index in [2.05, 4.69) is 55.5 Å². The standard InChI is InChI=1S/C16H13Br2ClN2/c1-10-3-2-4-13-16(10)21(15(20-13)7-8-19)14-9-11(17)5-6-12(14)18/h2-6,9H,7-8H2,1H3. The monoisotopic (exact) mass is 426 g/mol. The van der Waals surface area contributed by atoms with Crippen molar-refractivity contribution in [2.75, 3.05) is 5.88 Å². The first-order chi connectivity index (χ1) is 10.1. The van der Waals surface area contributed by atoms with Crippen LogP contribution in [0, 0.1) is 6.92 Å². The van der Waals surface area contributed by atoms with Gasteiger partial charge in [-0.3, -0.25) is 4.57 Å². The fourth-order valence-electron chi connectivity index (χ4n) is 2.51. The quantitative estimate of drug-likeness (QED) is 0.494. The van der Waals surface area contributed by atoms with E-state index < -0.39 is 0 Å². The van der Waals surface area contributed by atoms with Gasteiger partial charge in [0.2, 0.25) is 0 Å². The topological polar surface area (TPSA) is 17.8 Å². The molecule has 0 aliphatic rings. The van der Waals surface area contributed by atoms with Gasteiger partial charge >= 0.3 is 0 Å². The summed E-state index contributed by atoms with van der Waals surface area (Å²) >= 11 is 13.2. The molecule has 2 nitrogen and oxygen atoms in total. The first kappa shape index (κ1) is 15.1. The highest BCUT2D eigenvalue weighted by Gasteiger charge is 2.15. The highest BCUT2D eigenvalue weighted by molar-refractivity contribution is 9.11. The zero-order valence-electron chi connectivity index (χ0n) is 11.4. The van der Waals surface area contributed by atoms with Crippen molar-refractivity contribution in [1.82, 2.24) is 9.55 Å². The molecule has 0 amide bonds. The van der Waals surface area contributed by atoms with E-state index in [4.69, 9.17) is 16.6 Å². The van der Waals surface area contributed by atoms with Crippen LogP contribution in [0.5, 0.6) is 0 Å². The molecule has 3 rings (SSSR count). The Hall–Kier alpha value is -0.840. The minimum atomic E-state index is 0.550. The van der Waals surface area contributed by atoms with Crippen molar-refractivity contribution in [3.63, 3.8) is 0 Å². The summed E-state index contributed by atoms with van der Waals surface area (Å²) in [4.78, 5) is 4.75. The first-order valence-electron chi connectivity index (χ1n) is 6.60. The van der Waals surface area contributed by atoms with Crippen LogP contribution >= 0.6 is 43.5 Å². The van der Waals surface area contributed by atoms with E-state index >= 15 is 0 Å². The van der Waals surface area contributed by atoms with Gasteiger partial charge in [0.15, 0.2) is 0 Å². The van der Waals surface area contributed by atoms with Crippen LogP contribution in [-0.4, -0.2) is 15.4 Å². The number of benzene rings is 2. The van der Waals surface area contributed by atoms with Crippen LogP contribution in [0.25, 0.3) is 16.7 Å². The first-order valence-corrected chi connectivity index (χ1v) is 8.72. The molecular weight excluding hydrogens is 415 g/mol. The summed E-state index contributed by atoms with van der Waals surface area (Å²) in [6, 6.07) is 12.3. The van der Waals surface area contributed by atoms with E-state index in [1.165, 1.54) is 5.56 Å². The second kappa shape index (κ2) is 6.11. The number of aryl methyl sites for hydroxylation is 2. The van der Waals surface area contributed by atoms with Crippen LogP contribution in [-0.2, 0) is 6.42 Å². The fraction of sp³-hybridized carbons (Fsp3) is 0.188. The SMILES string of the molecule is Cc1cccc2nc(CCCl)n(-c3cc(Br)ccc3Br)c12. The molecule has 0 aliphatic heterocycles. The number of aromatic nitrogens is 2. The van der Waals surface area contributed by atoms with E-state index in [1.54, 1.807) is 0 Å². The van der Waals surface area contributed by atoms with Crippen molar-refractivity contribution in [2.45, 2.75) is 13.3 Å². The lowest BCUT2D eigenvalue weighted by Gasteiger charge is -2.12. The maximum Gasteiger partial charge on any atom is 0.115 e. The maximum absolute atomic E-state index is 5.96. The predicted molar refractivity (Wildman–Crippen MR) is 95.6 cm³/mol. The Bertz CT molecular complexity index is 811. The van der Waals surface area contributed by atoms with E-state index in [-0.39, 0.29) is 0 Å². The summed E-state index contributed by atoms with van der Waals surface area (Å²) in [6.45, 7) is 2.11. The number of imidazole rings is 1. The molecule has 0 bridgehead atoms. The van der Waals surface area contributed by atoms with E-state index in [9.17, 15) is 0 Å². The van der Waals surface area contributed by atoms with Gasteiger partial charge in [-0.25, -0.2) is 4.98 Å². The molecule has 21 heavy (non-hydrogen) atoms. The van der Waals surface area contributed by atoms with Gasteiger partial charge in [-0.15, -0.1) is 11.6 Å². The molecule has 0 saturated carbocycles. The number of rotatable bonds is 3. The normalized spacial score (nSPS) is 11.2. The third-order valence-corrected chi connectivity index (χ3v) is 4.77. The Kier molecular flexibility index (Phi) is 4.38. The van der Waals surface area contributed by atoms with Crippen molar-refractivity contribution in [3.05, 3.63) is 56.7 Å². The zero-order valence-corrected chi connectivity index (χ0v) is 15.3. The van der Waals surface area contributed by atoms with Crippen molar-refractivity contribution >= 4 is 54.5 Å². The number of fused-ring (bicyclic) bond motifs is 1. The van der Waals surface area contributed by atoms with Gasteiger partial charge in [-0.2, -0.15) is 0 Å². The van der Waals surface area contributed by atoms with Gasteiger partial charge in [-0.1, -0.05) is 28.1 Å². The zero-order chi connectivity index (χ0) is 15.0. The highest BCUT2D eigenvalue weighted by atomic mass is 79.9. The Morgan fingerprint density at radius 1 is 1.19 bits per heavy atom. The molecule has 0 fully saturated rings. The minimum absolute atomic E-state index is 0.550. The minimum Gasteiger partial charge on any atom is -0.295 e. The maximum atomic E-state index is 5.96. The van der Waals surface area contributed by atoms with E-state index in [0.29, 0.717) is 5.88 Å². The van der Waals surface area contributed by atoms with Gasteiger partial charge < -0.3 is 0 Å². The summed E-state index contributed by atoms with van der Waals surface area (Å²) in [5.41, 5.74) is 4.41. The average Bonchev–Trinajstić information content (AvgIpc) is 2.81. The van der Waals surface area contributed by atoms with Crippen molar-refractivity contribution in [3.8, 4) is 5.69 Å². The van der Waals surface area contributed by atoms with Gasteiger partial charge in [0.1, 0.15) is 5.82 Å². The molecule has 0 aliphatic carbocycles. The summed E-state index contributed by atoms with van der Waals surface area (Å²) < 4.78 is 4.26. The molecular formula is C16H13Br2ClN2. The van der Waals surface area contributed by atoms with Gasteiger partial charge in [0.05, 0.1) is 16.7 Å². The summed E-state index contributed by atoms with van der Waals surface area (Å²) in [5.74, 6) is 1.53. The Balaban J connectivity index is 2.38. The molecule has 0 N–H and O–H groups in total. The predicted octanol–water partition coefficient (Wildman–Crippen LogP) is 5.64. The molecule has 0 unspecified atom stereocenters. The molecule has 5 heteroatoms. The van der Waals surface area contributed by atoms with Crippen LogP contribution in [0.3, 0.4) is 0 Å². The van der Waals surface area contributed by atoms with Crippen LogP contribution in [0.4, 0.5) is 0 Å². The lowest BCUT2D eigenvalue weighted by Crippen LogP contribution is -2.03.